The lowest BCUT2D eigenvalue weighted by atomic mass is 9.78. The fraction of sp³-hybridized carbons (Fsp3) is 0.500. The molecule has 0 unspecified atom stereocenters. The molecule has 0 radical (unpaired) electrons. The fourth-order valence-electron chi connectivity index (χ4n) is 3.97. The summed E-state index contributed by atoms with van der Waals surface area (Å²) in [6, 6.07) is 3.36. The number of aliphatic carboxylic acids is 1. The number of carboxylic acids is 1. The second kappa shape index (κ2) is 7.66. The van der Waals surface area contributed by atoms with E-state index in [1.165, 1.54) is 0 Å². The summed E-state index contributed by atoms with van der Waals surface area (Å²) in [6.07, 6.45) is 4.28. The minimum Gasteiger partial charge on any atom is -0.507 e. The Hall–Kier alpha value is -2.44. The number of halogens is 2. The monoisotopic (exact) mass is 378 g/mol. The first kappa shape index (κ1) is 19.3. The van der Waals surface area contributed by atoms with Crippen LogP contribution in [0.25, 0.3) is 0 Å². The number of carboxylic acid groups (broad SMARTS) is 1. The first-order chi connectivity index (χ1) is 12.8. The molecular formula is C20H24F2N2O3. The number of hydrogen-bond donors (Lipinski definition) is 2. The van der Waals surface area contributed by atoms with Gasteiger partial charge in [-0.3, -0.25) is 4.79 Å². The highest BCUT2D eigenvalue weighted by Gasteiger charge is 2.38. The van der Waals surface area contributed by atoms with Crippen LogP contribution in [0.3, 0.4) is 0 Å². The third kappa shape index (κ3) is 4.46. The zero-order chi connectivity index (χ0) is 19.6. The number of imidazole rings is 1. The van der Waals surface area contributed by atoms with Crippen LogP contribution < -0.4 is 0 Å². The summed E-state index contributed by atoms with van der Waals surface area (Å²) in [5, 5.41) is 19.8. The van der Waals surface area contributed by atoms with Gasteiger partial charge >= 0.3 is 5.97 Å². The van der Waals surface area contributed by atoms with Crippen molar-refractivity contribution in [3.63, 3.8) is 0 Å². The molecule has 1 aromatic carbocycles. The molecular weight excluding hydrogens is 354 g/mol. The summed E-state index contributed by atoms with van der Waals surface area (Å²) in [6.45, 7) is 2.50. The van der Waals surface area contributed by atoms with Gasteiger partial charge in [0.15, 0.2) is 0 Å². The average Bonchev–Trinajstić information content (AvgIpc) is 2.99. The van der Waals surface area contributed by atoms with Crippen molar-refractivity contribution in [3.05, 3.63) is 47.0 Å². The number of aryl methyl sites for hydroxylation is 3. The molecule has 0 spiro atoms. The first-order valence-corrected chi connectivity index (χ1v) is 9.18. The number of aromatic hydroxyl groups is 1. The number of nitrogens with zero attached hydrogens (tertiary/aromatic N) is 2. The molecule has 0 amide bonds. The maximum atomic E-state index is 14.0. The van der Waals surface area contributed by atoms with E-state index in [9.17, 15) is 18.7 Å². The number of phenolic OH excluding ortho intramolecular Hbond substituents is 1. The zero-order valence-electron chi connectivity index (χ0n) is 15.3. The van der Waals surface area contributed by atoms with E-state index in [4.69, 9.17) is 5.11 Å². The van der Waals surface area contributed by atoms with Crippen molar-refractivity contribution in [1.29, 1.82) is 0 Å². The standard InChI is InChI=1S/C20H24F2N2O3/c1-13-23-8-10-24(13)9-6-14-4-5-15(11-17(25)26)19(27)18(14)16-3-2-7-20(21,22)12-16/h4-5,8,10,16,27H,2-3,6-7,9,11-12H2,1H3,(H,25,26)/t16-/m1/s1. The fourth-order valence-corrected chi connectivity index (χ4v) is 3.97. The summed E-state index contributed by atoms with van der Waals surface area (Å²) >= 11 is 0. The molecule has 1 aliphatic rings. The lowest BCUT2D eigenvalue weighted by Crippen LogP contribution is -2.26. The molecule has 0 bridgehead atoms. The molecule has 146 valence electrons. The highest BCUT2D eigenvalue weighted by atomic mass is 19.3. The van der Waals surface area contributed by atoms with Crippen LogP contribution in [-0.4, -0.2) is 31.7 Å². The molecule has 1 saturated carbocycles. The number of aromatic nitrogens is 2. The van der Waals surface area contributed by atoms with Gasteiger partial charge in [-0.2, -0.15) is 0 Å². The molecule has 27 heavy (non-hydrogen) atoms. The minimum absolute atomic E-state index is 0.136. The number of hydrogen-bond acceptors (Lipinski definition) is 3. The van der Waals surface area contributed by atoms with Gasteiger partial charge in [0.1, 0.15) is 11.6 Å². The van der Waals surface area contributed by atoms with Crippen LogP contribution in [0.15, 0.2) is 24.5 Å². The third-order valence-electron chi connectivity index (χ3n) is 5.33. The lowest BCUT2D eigenvalue weighted by Gasteiger charge is -2.31. The van der Waals surface area contributed by atoms with Gasteiger partial charge in [-0.05, 0) is 37.7 Å². The number of phenols is 1. The van der Waals surface area contributed by atoms with E-state index in [0.717, 1.165) is 11.4 Å². The highest BCUT2D eigenvalue weighted by molar-refractivity contribution is 5.72. The summed E-state index contributed by atoms with van der Waals surface area (Å²) < 4.78 is 29.9. The Kier molecular flexibility index (Phi) is 5.48. The van der Waals surface area contributed by atoms with Crippen molar-refractivity contribution in [2.45, 2.75) is 63.8 Å². The van der Waals surface area contributed by atoms with Gasteiger partial charge in [0, 0.05) is 42.9 Å². The molecule has 0 saturated heterocycles. The molecule has 1 aliphatic carbocycles. The van der Waals surface area contributed by atoms with Crippen LogP contribution in [0.4, 0.5) is 8.78 Å². The van der Waals surface area contributed by atoms with Gasteiger partial charge in [-0.15, -0.1) is 0 Å². The average molecular weight is 378 g/mol. The first-order valence-electron chi connectivity index (χ1n) is 9.18. The number of benzene rings is 1. The number of carbonyl (C=O) groups is 1. The van der Waals surface area contributed by atoms with Crippen LogP contribution >= 0.6 is 0 Å². The lowest BCUT2D eigenvalue weighted by molar-refractivity contribution is -0.136. The molecule has 1 aromatic heterocycles. The topological polar surface area (TPSA) is 75.4 Å². The van der Waals surface area contributed by atoms with Crippen molar-refractivity contribution < 1.29 is 23.8 Å². The molecule has 2 N–H and O–H groups in total. The van der Waals surface area contributed by atoms with E-state index in [0.29, 0.717) is 31.4 Å². The molecule has 1 atom stereocenters. The van der Waals surface area contributed by atoms with Crippen molar-refractivity contribution >= 4 is 5.97 Å². The van der Waals surface area contributed by atoms with Gasteiger partial charge < -0.3 is 14.8 Å². The van der Waals surface area contributed by atoms with E-state index in [2.05, 4.69) is 4.98 Å². The maximum absolute atomic E-state index is 14.0. The van der Waals surface area contributed by atoms with Gasteiger partial charge in [0.05, 0.1) is 6.42 Å². The van der Waals surface area contributed by atoms with E-state index in [1.54, 1.807) is 18.3 Å². The largest absolute Gasteiger partial charge is 0.507 e. The van der Waals surface area contributed by atoms with Gasteiger partial charge in [-0.25, -0.2) is 13.8 Å². The predicted molar refractivity (Wildman–Crippen MR) is 96.3 cm³/mol. The van der Waals surface area contributed by atoms with E-state index >= 15 is 0 Å². The molecule has 1 heterocycles. The van der Waals surface area contributed by atoms with Crippen molar-refractivity contribution in [2.24, 2.45) is 0 Å². The van der Waals surface area contributed by atoms with Crippen LogP contribution in [0.2, 0.25) is 0 Å². The quantitative estimate of drug-likeness (QED) is 0.795. The molecule has 3 rings (SSSR count). The number of rotatable bonds is 6. The second-order valence-electron chi connectivity index (χ2n) is 7.28. The number of alkyl halides is 2. The van der Waals surface area contributed by atoms with Gasteiger partial charge in [0.2, 0.25) is 5.92 Å². The summed E-state index contributed by atoms with van der Waals surface area (Å²) in [4.78, 5) is 15.2. The Morgan fingerprint density at radius 3 is 2.74 bits per heavy atom. The van der Waals surface area contributed by atoms with Gasteiger partial charge in [0.25, 0.3) is 0 Å². The van der Waals surface area contributed by atoms with Crippen LogP contribution in [0.5, 0.6) is 5.75 Å². The second-order valence-corrected chi connectivity index (χ2v) is 7.28. The van der Waals surface area contributed by atoms with Gasteiger partial charge in [-0.1, -0.05) is 12.1 Å². The van der Waals surface area contributed by atoms with E-state index in [-0.39, 0.29) is 30.6 Å². The maximum Gasteiger partial charge on any atom is 0.307 e. The predicted octanol–water partition coefficient (Wildman–Crippen LogP) is 4.06. The SMILES string of the molecule is Cc1nccn1CCc1ccc(CC(=O)O)c(O)c1[C@@H]1CCCC(F)(F)C1. The Balaban J connectivity index is 1.94. The molecule has 0 aliphatic heterocycles. The Morgan fingerprint density at radius 1 is 1.37 bits per heavy atom. The van der Waals surface area contributed by atoms with E-state index < -0.39 is 17.8 Å². The Labute approximate surface area is 156 Å². The van der Waals surface area contributed by atoms with Crippen molar-refractivity contribution in [2.75, 3.05) is 0 Å². The normalized spacial score (nSPS) is 19.1. The third-order valence-corrected chi connectivity index (χ3v) is 5.33. The van der Waals surface area contributed by atoms with Crippen molar-refractivity contribution in [3.8, 4) is 5.75 Å². The van der Waals surface area contributed by atoms with Crippen LogP contribution in [-0.2, 0) is 24.2 Å². The van der Waals surface area contributed by atoms with E-state index in [1.807, 2.05) is 17.7 Å². The van der Waals surface area contributed by atoms with Crippen LogP contribution in [0.1, 0.15) is 54.1 Å². The minimum atomic E-state index is -2.75. The van der Waals surface area contributed by atoms with Crippen LogP contribution in [0, 0.1) is 6.92 Å². The summed E-state index contributed by atoms with van der Waals surface area (Å²) in [5.41, 5.74) is 1.55. The molecule has 1 fully saturated rings. The summed E-state index contributed by atoms with van der Waals surface area (Å²) in [5.74, 6) is -3.57. The Bertz CT molecular complexity index is 833. The molecule has 7 heteroatoms. The van der Waals surface area contributed by atoms with Crippen molar-refractivity contribution in [1.82, 2.24) is 9.55 Å². The molecule has 5 nitrogen and oxygen atoms in total. The zero-order valence-corrected chi connectivity index (χ0v) is 15.3. The summed E-state index contributed by atoms with van der Waals surface area (Å²) in [7, 11) is 0. The highest BCUT2D eigenvalue weighted by Crippen LogP contribution is 2.46. The smallest absolute Gasteiger partial charge is 0.307 e. The molecule has 2 aromatic rings. The Morgan fingerprint density at radius 2 is 2.11 bits per heavy atom.